The minimum absolute atomic E-state index is 0.0867. The summed E-state index contributed by atoms with van der Waals surface area (Å²) in [6.45, 7) is 2.40. The molecule has 0 aromatic carbocycles. The highest BCUT2D eigenvalue weighted by Crippen LogP contribution is 2.32. The van der Waals surface area contributed by atoms with Crippen molar-refractivity contribution in [2.24, 2.45) is 5.92 Å². The molecule has 0 saturated carbocycles. The quantitative estimate of drug-likeness (QED) is 0.628. The number of aryl methyl sites for hydroxylation is 1. The highest BCUT2D eigenvalue weighted by molar-refractivity contribution is 5.84. The van der Waals surface area contributed by atoms with Gasteiger partial charge in [0.05, 0.1) is 12.0 Å². The summed E-state index contributed by atoms with van der Waals surface area (Å²) in [5.41, 5.74) is 6.10. The molecule has 0 aliphatic carbocycles. The number of aromatic nitrogens is 2. The van der Waals surface area contributed by atoms with E-state index in [1.165, 1.54) is 0 Å². The number of rotatable bonds is 4. The fraction of sp³-hybridized carbons (Fsp3) is 0.471. The first kappa shape index (κ1) is 16.8. The number of carboxylic acid groups (broad SMARTS) is 1. The largest absolute Gasteiger partial charge is 0.481 e. The van der Waals surface area contributed by atoms with Crippen molar-refractivity contribution in [3.63, 3.8) is 0 Å². The van der Waals surface area contributed by atoms with Crippen LogP contribution in [0.5, 0.6) is 0 Å². The van der Waals surface area contributed by atoms with Gasteiger partial charge in [-0.1, -0.05) is 0 Å². The Bertz CT molecular complexity index is 802. The molecule has 0 spiro atoms. The number of H-pyrrole nitrogens is 1. The number of nitrogens with one attached hydrogen (secondary N) is 3. The van der Waals surface area contributed by atoms with Gasteiger partial charge in [0, 0.05) is 31.4 Å². The van der Waals surface area contributed by atoms with Crippen LogP contribution < -0.4 is 10.9 Å². The first-order chi connectivity index (χ1) is 12.5. The van der Waals surface area contributed by atoms with Crippen molar-refractivity contribution in [3.8, 4) is 0 Å². The van der Waals surface area contributed by atoms with E-state index >= 15 is 0 Å². The van der Waals surface area contributed by atoms with Gasteiger partial charge in [0.15, 0.2) is 0 Å². The summed E-state index contributed by atoms with van der Waals surface area (Å²) in [4.78, 5) is 33.3. The lowest BCUT2D eigenvalue weighted by Crippen LogP contribution is -2.45. The second-order valence-electron chi connectivity index (χ2n) is 6.85. The average Bonchev–Trinajstić information content (AvgIpc) is 3.37. The number of hydrogen-bond acceptors (Lipinski definition) is 6. The average molecular weight is 359 g/mol. The van der Waals surface area contributed by atoms with E-state index in [0.717, 1.165) is 11.5 Å². The van der Waals surface area contributed by atoms with Crippen molar-refractivity contribution in [2.45, 2.75) is 31.3 Å². The van der Waals surface area contributed by atoms with Gasteiger partial charge in [-0.25, -0.2) is 15.8 Å². The minimum atomic E-state index is -0.914. The van der Waals surface area contributed by atoms with Crippen molar-refractivity contribution in [1.82, 2.24) is 25.7 Å². The number of hydrazine groups is 1. The number of likely N-dealkylation sites (tertiary alicyclic amines) is 1. The van der Waals surface area contributed by atoms with Crippen LogP contribution >= 0.6 is 0 Å². The molecule has 138 valence electrons. The standard InChI is InChI=1S/C17H21N5O4/c1-9-2-3-14(26-9)12-6-13(21-20-12)16(23)22-7-10(11(8-22)17(24)25)15-18-4-5-19-15/h2-5,10-13,20-21H,6-8H2,1H3,(H,18,19)(H,24,25)/t10-,11-,12?,13?/m0/s1. The summed E-state index contributed by atoms with van der Waals surface area (Å²) < 4.78 is 5.62. The SMILES string of the molecule is Cc1ccc(C2CC(C(=O)N3C[C@H](C(=O)O)[C@@H](c4ncc[nH]4)C3)NN2)o1. The first-order valence-corrected chi connectivity index (χ1v) is 8.61. The Morgan fingerprint density at radius 1 is 1.31 bits per heavy atom. The van der Waals surface area contributed by atoms with Gasteiger partial charge in [-0.3, -0.25) is 9.59 Å². The molecule has 0 bridgehead atoms. The van der Waals surface area contributed by atoms with Gasteiger partial charge in [0.1, 0.15) is 23.4 Å². The van der Waals surface area contributed by atoms with Gasteiger partial charge in [0.25, 0.3) is 0 Å². The lowest BCUT2D eigenvalue weighted by atomic mass is 9.96. The number of carbonyl (C=O) groups is 2. The van der Waals surface area contributed by atoms with Crippen LogP contribution in [0.15, 0.2) is 28.9 Å². The third kappa shape index (κ3) is 2.99. The Labute approximate surface area is 149 Å². The van der Waals surface area contributed by atoms with Crippen molar-refractivity contribution < 1.29 is 19.1 Å². The molecule has 2 saturated heterocycles. The number of imidazole rings is 1. The number of furan rings is 1. The molecule has 2 aromatic heterocycles. The molecule has 9 nitrogen and oxygen atoms in total. The fourth-order valence-corrected chi connectivity index (χ4v) is 3.76. The summed E-state index contributed by atoms with van der Waals surface area (Å²) in [6, 6.07) is 3.27. The number of amides is 1. The van der Waals surface area contributed by atoms with Crippen molar-refractivity contribution in [1.29, 1.82) is 0 Å². The van der Waals surface area contributed by atoms with E-state index in [2.05, 4.69) is 20.8 Å². The first-order valence-electron chi connectivity index (χ1n) is 8.61. The van der Waals surface area contributed by atoms with Gasteiger partial charge in [-0.15, -0.1) is 0 Å². The normalized spacial score (nSPS) is 28.6. The van der Waals surface area contributed by atoms with Crippen LogP contribution in [-0.2, 0) is 9.59 Å². The molecular formula is C17H21N5O4. The Hall–Kier alpha value is -2.65. The Morgan fingerprint density at radius 3 is 2.81 bits per heavy atom. The van der Waals surface area contributed by atoms with Crippen LogP contribution in [0.2, 0.25) is 0 Å². The lowest BCUT2D eigenvalue weighted by molar-refractivity contribution is -0.142. The van der Waals surface area contributed by atoms with Crippen LogP contribution in [0, 0.1) is 12.8 Å². The molecule has 2 aliphatic rings. The van der Waals surface area contributed by atoms with Gasteiger partial charge < -0.3 is 19.4 Å². The third-order valence-corrected chi connectivity index (χ3v) is 5.13. The Kier molecular flexibility index (Phi) is 4.25. The molecule has 2 fully saturated rings. The van der Waals surface area contributed by atoms with E-state index in [1.54, 1.807) is 17.3 Å². The second-order valence-corrected chi connectivity index (χ2v) is 6.85. The number of nitrogens with zero attached hydrogens (tertiary/aromatic N) is 2. The predicted octanol–water partition coefficient (Wildman–Crippen LogP) is 0.546. The van der Waals surface area contributed by atoms with Crippen LogP contribution in [0.25, 0.3) is 0 Å². The number of carboxylic acids is 1. The maximum atomic E-state index is 12.9. The molecule has 2 aromatic rings. The van der Waals surface area contributed by atoms with Gasteiger partial charge >= 0.3 is 5.97 Å². The third-order valence-electron chi connectivity index (χ3n) is 5.13. The Balaban J connectivity index is 1.44. The number of carbonyl (C=O) groups excluding carboxylic acids is 1. The molecular weight excluding hydrogens is 338 g/mol. The highest BCUT2D eigenvalue weighted by atomic mass is 16.4. The minimum Gasteiger partial charge on any atom is -0.481 e. The summed E-state index contributed by atoms with van der Waals surface area (Å²) in [6.07, 6.45) is 3.81. The van der Waals surface area contributed by atoms with Crippen molar-refractivity contribution >= 4 is 11.9 Å². The molecule has 4 rings (SSSR count). The topological polar surface area (TPSA) is 123 Å². The molecule has 4 heterocycles. The summed E-state index contributed by atoms with van der Waals surface area (Å²) in [7, 11) is 0. The predicted molar refractivity (Wildman–Crippen MR) is 89.9 cm³/mol. The number of aromatic amines is 1. The molecule has 9 heteroatoms. The van der Waals surface area contributed by atoms with E-state index in [9.17, 15) is 14.7 Å². The maximum Gasteiger partial charge on any atom is 0.309 e. The zero-order valence-electron chi connectivity index (χ0n) is 14.3. The van der Waals surface area contributed by atoms with E-state index in [0.29, 0.717) is 18.8 Å². The summed E-state index contributed by atoms with van der Waals surface area (Å²) >= 11 is 0. The van der Waals surface area contributed by atoms with Gasteiger partial charge in [0.2, 0.25) is 5.91 Å². The van der Waals surface area contributed by atoms with Crippen LogP contribution in [0.4, 0.5) is 0 Å². The van der Waals surface area contributed by atoms with Crippen LogP contribution in [-0.4, -0.2) is 51.0 Å². The second kappa shape index (κ2) is 6.58. The molecule has 2 unspecified atom stereocenters. The highest BCUT2D eigenvalue weighted by Gasteiger charge is 2.44. The zero-order chi connectivity index (χ0) is 18.3. The molecule has 26 heavy (non-hydrogen) atoms. The number of hydrogen-bond donors (Lipinski definition) is 4. The smallest absolute Gasteiger partial charge is 0.309 e. The fourth-order valence-electron chi connectivity index (χ4n) is 3.76. The van der Waals surface area contributed by atoms with Gasteiger partial charge in [-0.05, 0) is 25.5 Å². The Morgan fingerprint density at radius 2 is 2.15 bits per heavy atom. The summed E-state index contributed by atoms with van der Waals surface area (Å²) in [5, 5.41) is 9.52. The van der Waals surface area contributed by atoms with Crippen molar-refractivity contribution in [3.05, 3.63) is 41.9 Å². The van der Waals surface area contributed by atoms with Crippen LogP contribution in [0.1, 0.15) is 35.7 Å². The lowest BCUT2D eigenvalue weighted by Gasteiger charge is -2.20. The summed E-state index contributed by atoms with van der Waals surface area (Å²) in [5.74, 6) is 0.193. The van der Waals surface area contributed by atoms with E-state index in [-0.39, 0.29) is 24.4 Å². The van der Waals surface area contributed by atoms with E-state index in [4.69, 9.17) is 4.42 Å². The van der Waals surface area contributed by atoms with E-state index < -0.39 is 17.9 Å². The maximum absolute atomic E-state index is 12.9. The molecule has 4 atom stereocenters. The van der Waals surface area contributed by atoms with E-state index in [1.807, 2.05) is 19.1 Å². The monoisotopic (exact) mass is 359 g/mol. The zero-order valence-corrected chi connectivity index (χ0v) is 14.3. The number of aliphatic carboxylic acids is 1. The van der Waals surface area contributed by atoms with Gasteiger partial charge in [-0.2, -0.15) is 0 Å². The van der Waals surface area contributed by atoms with Crippen molar-refractivity contribution in [2.75, 3.05) is 13.1 Å². The molecule has 0 radical (unpaired) electrons. The molecule has 4 N–H and O–H groups in total. The molecule has 2 aliphatic heterocycles. The molecule has 1 amide bonds. The van der Waals surface area contributed by atoms with Crippen LogP contribution in [0.3, 0.4) is 0 Å².